The Kier molecular flexibility index (Phi) is 2.95. The Morgan fingerprint density at radius 2 is 2.47 bits per heavy atom. The predicted octanol–water partition coefficient (Wildman–Crippen LogP) is 1.86. The highest BCUT2D eigenvalue weighted by atomic mass is 16.5. The largest absolute Gasteiger partial charge is 0.497 e. The number of nitrogens with one attached hydrogen (secondary N) is 2. The highest BCUT2D eigenvalue weighted by molar-refractivity contribution is 5.84. The lowest BCUT2D eigenvalue weighted by molar-refractivity contribution is -0.118. The zero-order valence-corrected chi connectivity index (χ0v) is 9.96. The number of hydrogen-bond donors (Lipinski definition) is 2. The van der Waals surface area contributed by atoms with Gasteiger partial charge in [0, 0.05) is 30.6 Å². The van der Waals surface area contributed by atoms with Crippen molar-refractivity contribution in [3.63, 3.8) is 0 Å². The van der Waals surface area contributed by atoms with Crippen molar-refractivity contribution in [3.05, 3.63) is 29.9 Å². The molecule has 0 saturated carbocycles. The first kappa shape index (κ1) is 10.2. The van der Waals surface area contributed by atoms with Crippen molar-refractivity contribution in [3.8, 4) is 5.75 Å². The molecule has 0 unspecified atom stereocenters. The van der Waals surface area contributed by atoms with Crippen LogP contribution < -0.4 is 10.1 Å². The number of methoxy groups -OCH3 is 1. The molecule has 0 fully saturated rings. The molecule has 2 aromatic rings. The second kappa shape index (κ2) is 4.91. The summed E-state index contributed by atoms with van der Waals surface area (Å²) in [6, 6.07) is 4.00. The maximum absolute atomic E-state index is 10.8. The minimum Gasteiger partial charge on any atom is -0.497 e. The van der Waals surface area contributed by atoms with Gasteiger partial charge >= 0.3 is 0 Å². The maximum atomic E-state index is 10.8. The third-order valence-electron chi connectivity index (χ3n) is 2.66. The number of carbonyl (C=O) groups excluding carboxylic acids is 1. The van der Waals surface area contributed by atoms with Crippen molar-refractivity contribution < 1.29 is 10.9 Å². The quantitative estimate of drug-likeness (QED) is 0.846. The molecule has 0 aliphatic heterocycles. The summed E-state index contributed by atoms with van der Waals surface area (Å²) in [5.74, 6) is 0.640. The lowest BCUT2D eigenvalue weighted by atomic mass is 10.1. The number of amides is 1. The van der Waals surface area contributed by atoms with Crippen molar-refractivity contribution in [1.29, 1.82) is 0 Å². The molecule has 17 heavy (non-hydrogen) atoms. The van der Waals surface area contributed by atoms with Gasteiger partial charge < -0.3 is 15.0 Å². The smallest absolute Gasteiger partial charge is 0.216 e. The topological polar surface area (TPSA) is 54.1 Å². The van der Waals surface area contributed by atoms with Crippen LogP contribution in [0, 0.1) is 0 Å². The zero-order chi connectivity index (χ0) is 13.1. The molecule has 0 bridgehead atoms. The summed E-state index contributed by atoms with van der Waals surface area (Å²) >= 11 is 0. The van der Waals surface area contributed by atoms with Crippen LogP contribution in [0.25, 0.3) is 10.9 Å². The van der Waals surface area contributed by atoms with Gasteiger partial charge in [-0.25, -0.2) is 0 Å². The van der Waals surface area contributed by atoms with E-state index in [1.807, 2.05) is 12.3 Å². The monoisotopic (exact) mass is 233 g/mol. The second-order valence-corrected chi connectivity index (χ2v) is 3.88. The maximum Gasteiger partial charge on any atom is 0.216 e. The Bertz CT molecular complexity index is 578. The fourth-order valence-corrected chi connectivity index (χ4v) is 1.78. The number of ether oxygens (including phenoxy) is 1. The molecule has 0 radical (unpaired) electrons. The van der Waals surface area contributed by atoms with Crippen molar-refractivity contribution in [2.24, 2.45) is 0 Å². The number of rotatable bonds is 4. The normalized spacial score (nSPS) is 11.3. The van der Waals surface area contributed by atoms with Gasteiger partial charge in [0.15, 0.2) is 0 Å². The van der Waals surface area contributed by atoms with E-state index >= 15 is 0 Å². The van der Waals surface area contributed by atoms with Crippen molar-refractivity contribution in [2.75, 3.05) is 13.7 Å². The highest BCUT2D eigenvalue weighted by Crippen LogP contribution is 2.23. The first-order valence-electron chi connectivity index (χ1n) is 6.01. The summed E-state index contributed by atoms with van der Waals surface area (Å²) < 4.78 is 13.1. The molecule has 90 valence electrons. The molecule has 2 N–H and O–H groups in total. The first-order valence-corrected chi connectivity index (χ1v) is 5.51. The van der Waals surface area contributed by atoms with Crippen LogP contribution in [-0.4, -0.2) is 24.5 Å². The molecule has 0 saturated heterocycles. The average molecular weight is 233 g/mol. The van der Waals surface area contributed by atoms with E-state index in [-0.39, 0.29) is 5.91 Å². The molecular formula is C13H16N2O2. The summed E-state index contributed by atoms with van der Waals surface area (Å²) in [4.78, 5) is 13.9. The number of H-pyrrole nitrogens is 1. The molecule has 0 spiro atoms. The van der Waals surface area contributed by atoms with Crippen LogP contribution in [0.3, 0.4) is 0 Å². The van der Waals surface area contributed by atoms with Gasteiger partial charge in [-0.05, 0) is 30.2 Å². The van der Waals surface area contributed by atoms with Crippen LogP contribution in [0.5, 0.6) is 5.75 Å². The summed E-state index contributed by atoms with van der Waals surface area (Å²) in [6.45, 7) is 2.09. The number of carbonyl (C=O) groups is 1. The minimum atomic E-state index is -0.0337. The van der Waals surface area contributed by atoms with Crippen molar-refractivity contribution >= 4 is 16.8 Å². The highest BCUT2D eigenvalue weighted by Gasteiger charge is 2.05. The van der Waals surface area contributed by atoms with Gasteiger partial charge in [0.1, 0.15) is 5.75 Å². The molecular weight excluding hydrogens is 216 g/mol. The van der Waals surface area contributed by atoms with Crippen molar-refractivity contribution in [2.45, 2.75) is 13.3 Å². The standard InChI is InChI=1S/C13H16N2O2/c1-9(16)14-6-5-10-8-15-13-4-3-11(17-2)7-12(10)13/h3-4,7-8,15H,5-6H2,1-2H3,(H,14,16)/i4D. The second-order valence-electron chi connectivity index (χ2n) is 3.88. The van der Waals surface area contributed by atoms with Crippen LogP contribution in [-0.2, 0) is 11.2 Å². The molecule has 0 atom stereocenters. The van der Waals surface area contributed by atoms with E-state index < -0.39 is 0 Å². The third kappa shape index (κ3) is 2.58. The van der Waals surface area contributed by atoms with Crippen LogP contribution >= 0.6 is 0 Å². The third-order valence-corrected chi connectivity index (χ3v) is 2.66. The fourth-order valence-electron chi connectivity index (χ4n) is 1.78. The van der Waals surface area contributed by atoms with Crippen LogP contribution in [0.2, 0.25) is 0 Å². The lowest BCUT2D eigenvalue weighted by Gasteiger charge is -2.03. The van der Waals surface area contributed by atoms with E-state index in [9.17, 15) is 4.79 Å². The summed E-state index contributed by atoms with van der Waals surface area (Å²) in [7, 11) is 1.59. The SMILES string of the molecule is [2H]c1cc(OC)cc2c(CCNC(C)=O)c[nH]c12. The molecule has 2 rings (SSSR count). The van der Waals surface area contributed by atoms with Crippen LogP contribution in [0.1, 0.15) is 13.9 Å². The van der Waals surface area contributed by atoms with Gasteiger partial charge in [-0.15, -0.1) is 0 Å². The van der Waals surface area contributed by atoms with E-state index in [0.29, 0.717) is 18.3 Å². The zero-order valence-electron chi connectivity index (χ0n) is 11.0. The van der Waals surface area contributed by atoms with E-state index in [2.05, 4.69) is 10.3 Å². The number of fused-ring (bicyclic) bond motifs is 1. The summed E-state index contributed by atoms with van der Waals surface area (Å²) in [6.07, 6.45) is 2.61. The molecule has 1 heterocycles. The van der Waals surface area contributed by atoms with Gasteiger partial charge in [0.05, 0.1) is 8.48 Å². The van der Waals surface area contributed by atoms with E-state index in [1.165, 1.54) is 6.92 Å². The van der Waals surface area contributed by atoms with Gasteiger partial charge in [-0.2, -0.15) is 0 Å². The average Bonchev–Trinajstić information content (AvgIpc) is 2.72. The molecule has 4 heteroatoms. The Morgan fingerprint density at radius 3 is 3.18 bits per heavy atom. The predicted molar refractivity (Wildman–Crippen MR) is 67.2 cm³/mol. The Labute approximate surface area is 101 Å². The summed E-state index contributed by atoms with van der Waals surface area (Å²) in [5.41, 5.74) is 1.87. The van der Waals surface area contributed by atoms with Gasteiger partial charge in [-0.3, -0.25) is 4.79 Å². The Morgan fingerprint density at radius 1 is 1.65 bits per heavy atom. The lowest BCUT2D eigenvalue weighted by Crippen LogP contribution is -2.22. The molecule has 1 aromatic carbocycles. The van der Waals surface area contributed by atoms with Gasteiger partial charge in [0.25, 0.3) is 0 Å². The van der Waals surface area contributed by atoms with Gasteiger partial charge in [-0.1, -0.05) is 0 Å². The van der Waals surface area contributed by atoms with E-state index in [0.717, 1.165) is 22.9 Å². The first-order chi connectivity index (χ1) is 8.61. The molecule has 4 nitrogen and oxygen atoms in total. The van der Waals surface area contributed by atoms with Crippen LogP contribution in [0.4, 0.5) is 0 Å². The number of hydrogen-bond acceptors (Lipinski definition) is 2. The van der Waals surface area contributed by atoms with Crippen LogP contribution in [0.15, 0.2) is 24.4 Å². The molecule has 0 aliphatic rings. The van der Waals surface area contributed by atoms with E-state index in [1.54, 1.807) is 13.2 Å². The van der Waals surface area contributed by atoms with E-state index in [4.69, 9.17) is 6.11 Å². The molecule has 1 aromatic heterocycles. The van der Waals surface area contributed by atoms with Gasteiger partial charge in [0.2, 0.25) is 5.91 Å². The number of aromatic amines is 1. The Balaban J connectivity index is 2.28. The summed E-state index contributed by atoms with van der Waals surface area (Å²) in [5, 5.41) is 3.74. The molecule has 1 amide bonds. The number of benzene rings is 1. The fraction of sp³-hybridized carbons (Fsp3) is 0.308. The Hall–Kier alpha value is -1.97. The number of aromatic nitrogens is 1. The minimum absolute atomic E-state index is 0.0337. The van der Waals surface area contributed by atoms with Crippen molar-refractivity contribution in [1.82, 2.24) is 10.3 Å². The molecule has 0 aliphatic carbocycles.